The molecule has 0 radical (unpaired) electrons. The van der Waals surface area contributed by atoms with E-state index in [9.17, 15) is 4.79 Å². The molecular weight excluding hydrogens is 232 g/mol. The second-order valence-electron chi connectivity index (χ2n) is 5.24. The Hall–Kier alpha value is -1.32. The molecule has 1 aliphatic carbocycles. The van der Waals surface area contributed by atoms with E-state index in [0.29, 0.717) is 5.92 Å². The first-order valence-corrected chi connectivity index (χ1v) is 6.20. The molecule has 0 aromatic carbocycles. The summed E-state index contributed by atoms with van der Waals surface area (Å²) in [4.78, 5) is 19.9. The van der Waals surface area contributed by atoms with Gasteiger partial charge in [0.15, 0.2) is 0 Å². The Balaban J connectivity index is 0.000000631. The van der Waals surface area contributed by atoms with Crippen LogP contribution in [-0.2, 0) is 14.3 Å². The summed E-state index contributed by atoms with van der Waals surface area (Å²) in [6.07, 6.45) is 5.56. The third-order valence-electron chi connectivity index (χ3n) is 3.03. The van der Waals surface area contributed by atoms with Gasteiger partial charge in [-0.2, -0.15) is 0 Å². The first-order chi connectivity index (χ1) is 8.15. The van der Waals surface area contributed by atoms with E-state index in [0.717, 1.165) is 26.2 Å². The van der Waals surface area contributed by atoms with Crippen LogP contribution in [0, 0.1) is 5.92 Å². The van der Waals surface area contributed by atoms with E-state index < -0.39 is 5.97 Å². The highest BCUT2D eigenvalue weighted by Crippen LogP contribution is 2.33. The molecule has 1 rings (SSSR count). The van der Waals surface area contributed by atoms with Crippen LogP contribution in [0.25, 0.3) is 0 Å². The van der Waals surface area contributed by atoms with Crippen molar-refractivity contribution in [1.82, 2.24) is 0 Å². The van der Waals surface area contributed by atoms with Gasteiger partial charge in [-0.15, -0.1) is 0 Å². The van der Waals surface area contributed by atoms with Crippen LogP contribution < -0.4 is 0 Å². The lowest BCUT2D eigenvalue weighted by Crippen LogP contribution is -2.36. The van der Waals surface area contributed by atoms with Crippen molar-refractivity contribution in [2.45, 2.75) is 59.5 Å². The van der Waals surface area contributed by atoms with Crippen molar-refractivity contribution in [3.05, 3.63) is 11.6 Å². The van der Waals surface area contributed by atoms with Crippen LogP contribution in [0.5, 0.6) is 0 Å². The first kappa shape index (κ1) is 16.7. The predicted octanol–water partition coefficient (Wildman–Crippen LogP) is 3.17. The molecule has 0 aromatic heterocycles. The lowest BCUT2D eigenvalue weighted by atomic mass is 9.79. The van der Waals surface area contributed by atoms with Crippen molar-refractivity contribution in [3.63, 3.8) is 0 Å². The summed E-state index contributed by atoms with van der Waals surface area (Å²) in [6, 6.07) is 0. The van der Waals surface area contributed by atoms with Gasteiger partial charge in [0.1, 0.15) is 5.60 Å². The van der Waals surface area contributed by atoms with Crippen LogP contribution in [0.2, 0.25) is 0 Å². The van der Waals surface area contributed by atoms with Crippen molar-refractivity contribution >= 4 is 11.9 Å². The minimum Gasteiger partial charge on any atom is -0.481 e. The van der Waals surface area contributed by atoms with E-state index in [1.807, 2.05) is 13.8 Å². The number of esters is 1. The number of rotatable bonds is 2. The minimum atomic E-state index is -0.833. The predicted molar refractivity (Wildman–Crippen MR) is 70.3 cm³/mol. The number of allylic oxidation sites excluding steroid dienone is 2. The molecule has 4 heteroatoms. The van der Waals surface area contributed by atoms with Gasteiger partial charge >= 0.3 is 5.97 Å². The summed E-state index contributed by atoms with van der Waals surface area (Å²) in [6.45, 7) is 8.74. The fraction of sp³-hybridized carbons (Fsp3) is 0.714. The zero-order chi connectivity index (χ0) is 14.3. The summed E-state index contributed by atoms with van der Waals surface area (Å²) in [5.74, 6) is -0.545. The van der Waals surface area contributed by atoms with Gasteiger partial charge in [-0.05, 0) is 40.0 Å². The van der Waals surface area contributed by atoms with Gasteiger partial charge in [-0.25, -0.2) is 0 Å². The van der Waals surface area contributed by atoms with Crippen molar-refractivity contribution in [1.29, 1.82) is 0 Å². The Morgan fingerprint density at radius 3 is 2.22 bits per heavy atom. The van der Waals surface area contributed by atoms with Crippen molar-refractivity contribution in [3.8, 4) is 0 Å². The Kier molecular flexibility index (Phi) is 6.66. The van der Waals surface area contributed by atoms with Crippen molar-refractivity contribution in [2.24, 2.45) is 5.92 Å². The standard InChI is InChI=1S/C12H20O2.C2H4O2/c1-9-5-7-11(8-6-9)12(3,4)14-10(2)13;1-2(3)4/h5,11H,6-8H2,1-4H3;1H3,(H,3,4). The number of carboxylic acids is 1. The zero-order valence-electron chi connectivity index (χ0n) is 11.9. The molecule has 1 N–H and O–H groups in total. The van der Waals surface area contributed by atoms with Gasteiger partial charge < -0.3 is 9.84 Å². The van der Waals surface area contributed by atoms with Crippen LogP contribution in [0.3, 0.4) is 0 Å². The van der Waals surface area contributed by atoms with Crippen LogP contribution >= 0.6 is 0 Å². The average Bonchev–Trinajstić information content (AvgIpc) is 2.15. The molecule has 0 aromatic rings. The molecule has 0 saturated heterocycles. The van der Waals surface area contributed by atoms with Crippen LogP contribution in [0.4, 0.5) is 0 Å². The molecule has 18 heavy (non-hydrogen) atoms. The Morgan fingerprint density at radius 2 is 1.89 bits per heavy atom. The Bertz CT molecular complexity index is 325. The molecular formula is C14H24O4. The summed E-state index contributed by atoms with van der Waals surface area (Å²) in [5, 5.41) is 7.42. The maximum atomic E-state index is 10.9. The number of carbonyl (C=O) groups is 2. The van der Waals surface area contributed by atoms with Crippen LogP contribution in [0.1, 0.15) is 53.9 Å². The third-order valence-corrected chi connectivity index (χ3v) is 3.03. The molecule has 4 nitrogen and oxygen atoms in total. The van der Waals surface area contributed by atoms with Gasteiger partial charge in [0.2, 0.25) is 0 Å². The molecule has 0 saturated carbocycles. The maximum absolute atomic E-state index is 10.9. The molecule has 1 aliphatic rings. The highest BCUT2D eigenvalue weighted by molar-refractivity contribution is 5.66. The number of carboxylic acid groups (broad SMARTS) is 1. The lowest BCUT2D eigenvalue weighted by Gasteiger charge is -2.35. The smallest absolute Gasteiger partial charge is 0.303 e. The Morgan fingerprint density at radius 1 is 1.39 bits per heavy atom. The summed E-state index contributed by atoms with van der Waals surface area (Å²) < 4.78 is 5.34. The van der Waals surface area contributed by atoms with Gasteiger partial charge in [0.05, 0.1) is 0 Å². The molecule has 0 spiro atoms. The molecule has 0 fully saturated rings. The van der Waals surface area contributed by atoms with E-state index in [4.69, 9.17) is 14.6 Å². The third kappa shape index (κ3) is 7.09. The van der Waals surface area contributed by atoms with E-state index in [2.05, 4.69) is 13.0 Å². The van der Waals surface area contributed by atoms with Gasteiger partial charge in [-0.3, -0.25) is 9.59 Å². The van der Waals surface area contributed by atoms with Gasteiger partial charge in [0.25, 0.3) is 5.97 Å². The van der Waals surface area contributed by atoms with Gasteiger partial charge in [-0.1, -0.05) is 11.6 Å². The van der Waals surface area contributed by atoms with Crippen LogP contribution in [0.15, 0.2) is 11.6 Å². The molecule has 0 amide bonds. The quantitative estimate of drug-likeness (QED) is 0.609. The minimum absolute atomic E-state index is 0.179. The second kappa shape index (κ2) is 7.19. The average molecular weight is 256 g/mol. The largest absolute Gasteiger partial charge is 0.481 e. The SMILES string of the molecule is CC(=O)O.CC(=O)OC(C)(C)C1CC=C(C)CC1. The molecule has 104 valence electrons. The molecule has 0 bridgehead atoms. The lowest BCUT2D eigenvalue weighted by molar-refractivity contribution is -0.159. The Labute approximate surface area is 109 Å². The van der Waals surface area contributed by atoms with Crippen molar-refractivity contribution in [2.75, 3.05) is 0 Å². The fourth-order valence-corrected chi connectivity index (χ4v) is 2.05. The number of carbonyl (C=O) groups excluding carboxylic acids is 1. The normalized spacial score (nSPS) is 19.2. The fourth-order valence-electron chi connectivity index (χ4n) is 2.05. The molecule has 1 atom stereocenters. The van der Waals surface area contributed by atoms with E-state index in [-0.39, 0.29) is 11.6 Å². The molecule has 1 unspecified atom stereocenters. The monoisotopic (exact) mass is 256 g/mol. The summed E-state index contributed by atoms with van der Waals surface area (Å²) >= 11 is 0. The van der Waals surface area contributed by atoms with Crippen LogP contribution in [-0.4, -0.2) is 22.6 Å². The summed E-state index contributed by atoms with van der Waals surface area (Å²) in [5.41, 5.74) is 1.14. The van der Waals surface area contributed by atoms with Gasteiger partial charge in [0, 0.05) is 19.8 Å². The zero-order valence-corrected chi connectivity index (χ0v) is 11.9. The second-order valence-corrected chi connectivity index (χ2v) is 5.24. The highest BCUT2D eigenvalue weighted by atomic mass is 16.6. The number of hydrogen-bond donors (Lipinski definition) is 1. The van der Waals surface area contributed by atoms with E-state index in [1.165, 1.54) is 12.5 Å². The number of hydrogen-bond acceptors (Lipinski definition) is 3. The first-order valence-electron chi connectivity index (χ1n) is 6.20. The topological polar surface area (TPSA) is 63.6 Å². The van der Waals surface area contributed by atoms with E-state index >= 15 is 0 Å². The maximum Gasteiger partial charge on any atom is 0.303 e. The number of ether oxygens (including phenoxy) is 1. The molecule has 0 heterocycles. The number of aliphatic carboxylic acids is 1. The van der Waals surface area contributed by atoms with E-state index in [1.54, 1.807) is 0 Å². The van der Waals surface area contributed by atoms with Crippen molar-refractivity contribution < 1.29 is 19.4 Å². The molecule has 0 aliphatic heterocycles. The summed E-state index contributed by atoms with van der Waals surface area (Å²) in [7, 11) is 0. The highest BCUT2D eigenvalue weighted by Gasteiger charge is 2.32.